The first kappa shape index (κ1) is 26.6. The molecule has 0 aliphatic carbocycles. The molecule has 192 valence electrons. The molecular weight excluding hydrogens is 506 g/mol. The Morgan fingerprint density at radius 3 is 2.35 bits per heavy atom. The van der Waals surface area contributed by atoms with Crippen LogP contribution in [0.1, 0.15) is 33.3 Å². The van der Waals surface area contributed by atoms with Crippen LogP contribution in [0, 0.1) is 6.92 Å². The van der Waals surface area contributed by atoms with Crippen molar-refractivity contribution >= 4 is 45.2 Å². The van der Waals surface area contributed by atoms with E-state index in [0.717, 1.165) is 22.5 Å². The molecule has 1 amide bonds. The number of hydrogen-bond acceptors (Lipinski definition) is 7. The minimum absolute atomic E-state index is 0.0626. The minimum atomic E-state index is -0.454. The van der Waals surface area contributed by atoms with Crippen molar-refractivity contribution < 1.29 is 14.3 Å². The summed E-state index contributed by atoms with van der Waals surface area (Å²) in [6, 6.07) is 19.7. The van der Waals surface area contributed by atoms with Gasteiger partial charge in [0.05, 0.1) is 17.7 Å². The van der Waals surface area contributed by atoms with Gasteiger partial charge in [0.15, 0.2) is 5.16 Å². The average Bonchev–Trinajstić information content (AvgIpc) is 3.24. The van der Waals surface area contributed by atoms with Crippen LogP contribution in [0.15, 0.2) is 70.6 Å². The summed E-state index contributed by atoms with van der Waals surface area (Å²) in [6.45, 7) is 4.66. The molecule has 0 spiro atoms. The van der Waals surface area contributed by atoms with Crippen LogP contribution in [0.2, 0.25) is 0 Å². The van der Waals surface area contributed by atoms with Gasteiger partial charge in [-0.2, -0.15) is 0 Å². The fraction of sp³-hybridized carbons (Fsp3) is 0.286. The van der Waals surface area contributed by atoms with Gasteiger partial charge in [0, 0.05) is 20.1 Å². The second-order valence-corrected chi connectivity index (χ2v) is 10.5. The zero-order valence-corrected chi connectivity index (χ0v) is 22.7. The monoisotopic (exact) mass is 535 g/mol. The van der Waals surface area contributed by atoms with E-state index in [-0.39, 0.29) is 23.8 Å². The molecule has 2 aromatic carbocycles. The summed E-state index contributed by atoms with van der Waals surface area (Å²) in [4.78, 5) is 46.3. The molecule has 0 N–H and O–H groups in total. The number of aromatic nitrogens is 2. The quantitative estimate of drug-likeness (QED) is 0.163. The van der Waals surface area contributed by atoms with Crippen LogP contribution in [-0.4, -0.2) is 45.7 Å². The zero-order chi connectivity index (χ0) is 26.4. The standard InChI is InChI=1S/C28H29N3O4S2/c1-4-35-27(34)24-19(2)23-25(37-24)29-28(31(26(23)33)16-15-20-11-7-5-8-12-20)36-18-22(32)30(3)17-21-13-9-6-10-14-21/h5-14H,4,15-18H2,1-3H3. The van der Waals surface area contributed by atoms with E-state index in [9.17, 15) is 14.4 Å². The van der Waals surface area contributed by atoms with Crippen molar-refractivity contribution in [2.45, 2.75) is 38.5 Å². The maximum Gasteiger partial charge on any atom is 0.348 e. The van der Waals surface area contributed by atoms with E-state index in [1.54, 1.807) is 30.4 Å². The molecule has 0 atom stereocenters. The molecule has 0 bridgehead atoms. The first-order chi connectivity index (χ1) is 17.9. The summed E-state index contributed by atoms with van der Waals surface area (Å²) in [5.41, 5.74) is 2.51. The van der Waals surface area contributed by atoms with Crippen LogP contribution in [0.3, 0.4) is 0 Å². The molecule has 9 heteroatoms. The molecule has 7 nitrogen and oxygen atoms in total. The smallest absolute Gasteiger partial charge is 0.348 e. The molecule has 0 radical (unpaired) electrons. The molecule has 4 aromatic rings. The summed E-state index contributed by atoms with van der Waals surface area (Å²) in [5, 5.41) is 0.893. The van der Waals surface area contributed by atoms with Crippen LogP contribution in [-0.2, 0) is 29.0 Å². The maximum absolute atomic E-state index is 13.7. The van der Waals surface area contributed by atoms with Crippen LogP contribution in [0.4, 0.5) is 0 Å². The van der Waals surface area contributed by atoms with Gasteiger partial charge in [0.1, 0.15) is 9.71 Å². The number of nitrogens with zero attached hydrogens (tertiary/aromatic N) is 3. The fourth-order valence-electron chi connectivity index (χ4n) is 3.96. The largest absolute Gasteiger partial charge is 0.462 e. The van der Waals surface area contributed by atoms with Gasteiger partial charge in [-0.05, 0) is 37.0 Å². The highest BCUT2D eigenvalue weighted by molar-refractivity contribution is 7.99. The van der Waals surface area contributed by atoms with Gasteiger partial charge >= 0.3 is 5.97 Å². The maximum atomic E-state index is 13.7. The van der Waals surface area contributed by atoms with Crippen molar-refractivity contribution in [3.8, 4) is 0 Å². The lowest BCUT2D eigenvalue weighted by Crippen LogP contribution is -2.29. The lowest BCUT2D eigenvalue weighted by Gasteiger charge is -2.18. The first-order valence-corrected chi connectivity index (χ1v) is 13.8. The number of thiophene rings is 1. The second kappa shape index (κ2) is 12.2. The topological polar surface area (TPSA) is 81.5 Å². The Morgan fingerprint density at radius 2 is 1.70 bits per heavy atom. The summed E-state index contributed by atoms with van der Waals surface area (Å²) < 4.78 is 6.80. The number of carbonyl (C=O) groups is 2. The lowest BCUT2D eigenvalue weighted by molar-refractivity contribution is -0.127. The van der Waals surface area contributed by atoms with Gasteiger partial charge in [-0.3, -0.25) is 14.2 Å². The number of hydrogen-bond donors (Lipinski definition) is 0. The third-order valence-electron chi connectivity index (χ3n) is 5.96. The minimum Gasteiger partial charge on any atom is -0.462 e. The number of aryl methyl sites for hydroxylation is 2. The van der Waals surface area contributed by atoms with Crippen LogP contribution in [0.5, 0.6) is 0 Å². The predicted molar refractivity (Wildman–Crippen MR) is 148 cm³/mol. The highest BCUT2D eigenvalue weighted by atomic mass is 32.2. The van der Waals surface area contributed by atoms with E-state index in [0.29, 0.717) is 45.3 Å². The number of fused-ring (bicyclic) bond motifs is 1. The molecule has 0 saturated heterocycles. The van der Waals surface area contributed by atoms with Gasteiger partial charge in [-0.25, -0.2) is 9.78 Å². The summed E-state index contributed by atoms with van der Waals surface area (Å²) >= 11 is 2.40. The number of ether oxygens (including phenoxy) is 1. The van der Waals surface area contributed by atoms with Crippen molar-refractivity contribution in [2.24, 2.45) is 0 Å². The van der Waals surface area contributed by atoms with Crippen molar-refractivity contribution in [1.82, 2.24) is 14.5 Å². The van der Waals surface area contributed by atoms with E-state index < -0.39 is 5.97 Å². The van der Waals surface area contributed by atoms with E-state index in [1.165, 1.54) is 11.8 Å². The van der Waals surface area contributed by atoms with Gasteiger partial charge in [-0.1, -0.05) is 72.4 Å². The van der Waals surface area contributed by atoms with Crippen LogP contribution >= 0.6 is 23.1 Å². The Bertz CT molecular complexity index is 1450. The van der Waals surface area contributed by atoms with Crippen molar-refractivity contribution in [3.05, 3.63) is 92.6 Å². The van der Waals surface area contributed by atoms with E-state index >= 15 is 0 Å². The van der Waals surface area contributed by atoms with E-state index in [1.807, 2.05) is 60.7 Å². The average molecular weight is 536 g/mol. The first-order valence-electron chi connectivity index (χ1n) is 12.0. The zero-order valence-electron chi connectivity index (χ0n) is 21.1. The van der Waals surface area contributed by atoms with Crippen LogP contribution < -0.4 is 5.56 Å². The van der Waals surface area contributed by atoms with Crippen molar-refractivity contribution in [1.29, 1.82) is 0 Å². The molecule has 2 aromatic heterocycles. The predicted octanol–water partition coefficient (Wildman–Crippen LogP) is 4.94. The number of thioether (sulfide) groups is 1. The summed E-state index contributed by atoms with van der Waals surface area (Å²) in [5.74, 6) is -0.376. The molecule has 2 heterocycles. The van der Waals surface area contributed by atoms with Gasteiger partial charge in [0.2, 0.25) is 5.91 Å². The second-order valence-electron chi connectivity index (χ2n) is 8.57. The highest BCUT2D eigenvalue weighted by Gasteiger charge is 2.23. The van der Waals surface area contributed by atoms with Gasteiger partial charge in [-0.15, -0.1) is 11.3 Å². The SMILES string of the molecule is CCOC(=O)c1sc2nc(SCC(=O)N(C)Cc3ccccc3)n(CCc3ccccc3)c(=O)c2c1C. The Hall–Kier alpha value is -3.43. The molecule has 0 aliphatic heterocycles. The third-order valence-corrected chi connectivity index (χ3v) is 8.08. The van der Waals surface area contributed by atoms with Crippen LogP contribution in [0.25, 0.3) is 10.2 Å². The number of esters is 1. The number of carbonyl (C=O) groups excluding carboxylic acids is 2. The Labute approximate surface area is 224 Å². The van der Waals surface area contributed by atoms with Crippen molar-refractivity contribution in [2.75, 3.05) is 19.4 Å². The van der Waals surface area contributed by atoms with Gasteiger partial charge < -0.3 is 9.64 Å². The number of benzene rings is 2. The molecule has 0 fully saturated rings. The van der Waals surface area contributed by atoms with Gasteiger partial charge in [0.25, 0.3) is 5.56 Å². The number of amides is 1. The van der Waals surface area contributed by atoms with E-state index in [2.05, 4.69) is 0 Å². The normalized spacial score (nSPS) is 11.0. The molecule has 0 aliphatic rings. The molecule has 37 heavy (non-hydrogen) atoms. The number of rotatable bonds is 10. The lowest BCUT2D eigenvalue weighted by atomic mass is 10.1. The molecule has 0 saturated carbocycles. The third kappa shape index (κ3) is 6.29. The molecule has 4 rings (SSSR count). The molecule has 0 unspecified atom stereocenters. The van der Waals surface area contributed by atoms with E-state index in [4.69, 9.17) is 9.72 Å². The fourth-order valence-corrected chi connectivity index (χ4v) is 6.05. The Balaban J connectivity index is 1.63. The Kier molecular flexibility index (Phi) is 8.78. The summed E-state index contributed by atoms with van der Waals surface area (Å²) in [7, 11) is 1.77. The summed E-state index contributed by atoms with van der Waals surface area (Å²) in [6.07, 6.45) is 0.636. The Morgan fingerprint density at radius 1 is 1.05 bits per heavy atom. The highest BCUT2D eigenvalue weighted by Crippen LogP contribution is 2.30. The van der Waals surface area contributed by atoms with Crippen molar-refractivity contribution in [3.63, 3.8) is 0 Å². The molecular formula is C28H29N3O4S2.